The summed E-state index contributed by atoms with van der Waals surface area (Å²) in [4.78, 5) is 11.8. The van der Waals surface area contributed by atoms with Crippen molar-refractivity contribution in [2.45, 2.75) is 109 Å². The first-order chi connectivity index (χ1) is 15.4. The van der Waals surface area contributed by atoms with Gasteiger partial charge in [0.25, 0.3) is 0 Å². The minimum absolute atomic E-state index is 0.114. The van der Waals surface area contributed by atoms with E-state index in [1.54, 1.807) is 12.1 Å². The van der Waals surface area contributed by atoms with Gasteiger partial charge in [-0.15, -0.1) is 0 Å². The van der Waals surface area contributed by atoms with E-state index in [9.17, 15) is 13.6 Å². The molecule has 0 heterocycles. The standard InChI is InChI=1S/C29H42F2O/c1-3-4-5-6-7-8-9-22-10-12-23(13-11-22)24-14-16-25(17-15-24)26-18-20-27(21-19-26)28(32)29(2,30)31/h6-7,18-25H,3-5,8-17H2,1-2H3/b7-6+. The van der Waals surface area contributed by atoms with Crippen LogP contribution in [0.15, 0.2) is 36.4 Å². The Morgan fingerprint density at radius 2 is 1.47 bits per heavy atom. The van der Waals surface area contributed by atoms with Crippen molar-refractivity contribution in [3.05, 3.63) is 47.5 Å². The third-order valence-corrected chi connectivity index (χ3v) is 8.01. The Morgan fingerprint density at radius 3 is 2.03 bits per heavy atom. The third-order valence-electron chi connectivity index (χ3n) is 8.01. The molecule has 1 nitrogen and oxygen atoms in total. The number of halogens is 2. The highest BCUT2D eigenvalue weighted by molar-refractivity contribution is 6.01. The fourth-order valence-electron chi connectivity index (χ4n) is 5.92. The molecular formula is C29H42F2O. The van der Waals surface area contributed by atoms with Crippen LogP contribution in [0.25, 0.3) is 0 Å². The largest absolute Gasteiger partial charge is 0.307 e. The summed E-state index contributed by atoms with van der Waals surface area (Å²) in [5.74, 6) is -1.19. The second kappa shape index (κ2) is 12.1. The maximum absolute atomic E-state index is 13.3. The molecule has 0 aromatic heterocycles. The number of benzene rings is 1. The second-order valence-electron chi connectivity index (χ2n) is 10.4. The van der Waals surface area contributed by atoms with Gasteiger partial charge in [0.2, 0.25) is 5.78 Å². The number of ketones is 1. The zero-order chi connectivity index (χ0) is 23.0. The Hall–Kier alpha value is -1.51. The van der Waals surface area contributed by atoms with Gasteiger partial charge < -0.3 is 0 Å². The Kier molecular flexibility index (Phi) is 9.49. The monoisotopic (exact) mass is 444 g/mol. The van der Waals surface area contributed by atoms with E-state index in [0.717, 1.165) is 17.8 Å². The number of hydrogen-bond acceptors (Lipinski definition) is 1. The van der Waals surface area contributed by atoms with Crippen LogP contribution < -0.4 is 0 Å². The van der Waals surface area contributed by atoms with Gasteiger partial charge in [0.05, 0.1) is 0 Å². The molecule has 0 radical (unpaired) electrons. The molecule has 0 amide bonds. The van der Waals surface area contributed by atoms with Crippen LogP contribution in [0.3, 0.4) is 0 Å². The summed E-state index contributed by atoms with van der Waals surface area (Å²) in [5, 5.41) is 0. The molecule has 2 saturated carbocycles. The average molecular weight is 445 g/mol. The quantitative estimate of drug-likeness (QED) is 0.200. The molecule has 2 aliphatic carbocycles. The number of allylic oxidation sites excluding steroid dienone is 2. The molecule has 0 atom stereocenters. The molecule has 178 valence electrons. The van der Waals surface area contributed by atoms with E-state index < -0.39 is 11.7 Å². The highest BCUT2D eigenvalue weighted by Crippen LogP contribution is 2.44. The average Bonchev–Trinajstić information content (AvgIpc) is 2.81. The number of rotatable bonds is 10. The van der Waals surface area contributed by atoms with Crippen LogP contribution in [-0.2, 0) is 0 Å². The highest BCUT2D eigenvalue weighted by Gasteiger charge is 2.34. The lowest BCUT2D eigenvalue weighted by atomic mass is 9.68. The van der Waals surface area contributed by atoms with E-state index in [1.807, 2.05) is 12.1 Å². The van der Waals surface area contributed by atoms with Gasteiger partial charge in [-0.3, -0.25) is 4.79 Å². The maximum atomic E-state index is 13.3. The number of alkyl halides is 2. The zero-order valence-corrected chi connectivity index (χ0v) is 20.1. The van der Waals surface area contributed by atoms with Crippen molar-refractivity contribution in [3.8, 4) is 0 Å². The lowest BCUT2D eigenvalue weighted by Crippen LogP contribution is -2.25. The summed E-state index contributed by atoms with van der Waals surface area (Å²) in [6, 6.07) is 6.96. The molecular weight excluding hydrogens is 402 g/mol. The SMILES string of the molecule is CCCC/C=C/CCC1CCC(C2CCC(c3ccc(C(=O)C(C)(F)F)cc3)CC2)CC1. The second-order valence-corrected chi connectivity index (χ2v) is 10.4. The third kappa shape index (κ3) is 7.25. The summed E-state index contributed by atoms with van der Waals surface area (Å²) in [7, 11) is 0. The first-order valence-corrected chi connectivity index (χ1v) is 13.1. The van der Waals surface area contributed by atoms with Crippen LogP contribution in [0.2, 0.25) is 0 Å². The smallest absolute Gasteiger partial charge is 0.287 e. The molecule has 0 saturated heterocycles. The van der Waals surface area contributed by atoms with Gasteiger partial charge in [0.15, 0.2) is 0 Å². The molecule has 2 fully saturated rings. The molecule has 0 unspecified atom stereocenters. The normalized spacial score (nSPS) is 27.0. The maximum Gasteiger partial charge on any atom is 0.307 e. The summed E-state index contributed by atoms with van der Waals surface area (Å²) < 4.78 is 26.5. The van der Waals surface area contributed by atoms with Crippen LogP contribution in [-0.4, -0.2) is 11.7 Å². The topological polar surface area (TPSA) is 17.1 Å². The predicted molar refractivity (Wildman–Crippen MR) is 129 cm³/mol. The van der Waals surface area contributed by atoms with E-state index in [2.05, 4.69) is 19.1 Å². The van der Waals surface area contributed by atoms with E-state index in [0.29, 0.717) is 12.8 Å². The van der Waals surface area contributed by atoms with Gasteiger partial charge in [-0.05, 0) is 87.0 Å². The fraction of sp³-hybridized carbons (Fsp3) is 0.690. The Labute approximate surface area is 194 Å². The van der Waals surface area contributed by atoms with Crippen molar-refractivity contribution in [1.29, 1.82) is 0 Å². The van der Waals surface area contributed by atoms with Crippen LogP contribution >= 0.6 is 0 Å². The van der Waals surface area contributed by atoms with Crippen LogP contribution in [0.5, 0.6) is 0 Å². The van der Waals surface area contributed by atoms with Gasteiger partial charge in [-0.2, -0.15) is 8.78 Å². The minimum Gasteiger partial charge on any atom is -0.287 e. The molecule has 1 aromatic rings. The molecule has 0 spiro atoms. The summed E-state index contributed by atoms with van der Waals surface area (Å²) in [6.07, 6.45) is 21.8. The van der Waals surface area contributed by atoms with Crippen LogP contribution in [0.4, 0.5) is 8.78 Å². The molecule has 0 bridgehead atoms. The Bertz CT molecular complexity index is 715. The van der Waals surface area contributed by atoms with E-state index >= 15 is 0 Å². The van der Waals surface area contributed by atoms with E-state index in [4.69, 9.17) is 0 Å². The number of Topliss-reactive ketones (excluding diaryl/α,β-unsaturated/α-hetero) is 1. The molecule has 3 rings (SSSR count). The Balaban J connectivity index is 1.38. The van der Waals surface area contributed by atoms with Crippen LogP contribution in [0.1, 0.15) is 119 Å². The van der Waals surface area contributed by atoms with E-state index in [-0.39, 0.29) is 5.56 Å². The van der Waals surface area contributed by atoms with Crippen molar-refractivity contribution in [3.63, 3.8) is 0 Å². The fourth-order valence-corrected chi connectivity index (χ4v) is 5.92. The predicted octanol–water partition coefficient (Wildman–Crippen LogP) is 9.13. The van der Waals surface area contributed by atoms with Gasteiger partial charge in [0, 0.05) is 12.5 Å². The molecule has 0 aliphatic heterocycles. The van der Waals surface area contributed by atoms with Crippen molar-refractivity contribution < 1.29 is 13.6 Å². The molecule has 32 heavy (non-hydrogen) atoms. The first kappa shape index (κ1) is 25.1. The van der Waals surface area contributed by atoms with Gasteiger partial charge in [-0.25, -0.2) is 0 Å². The van der Waals surface area contributed by atoms with Crippen LogP contribution in [0, 0.1) is 17.8 Å². The Morgan fingerprint density at radius 1 is 0.906 bits per heavy atom. The summed E-state index contributed by atoms with van der Waals surface area (Å²) >= 11 is 0. The van der Waals surface area contributed by atoms with Crippen molar-refractivity contribution in [2.24, 2.45) is 17.8 Å². The highest BCUT2D eigenvalue weighted by atomic mass is 19.3. The van der Waals surface area contributed by atoms with Crippen molar-refractivity contribution >= 4 is 5.78 Å². The number of carbonyl (C=O) groups is 1. The first-order valence-electron chi connectivity index (χ1n) is 13.1. The van der Waals surface area contributed by atoms with Crippen molar-refractivity contribution in [1.82, 2.24) is 0 Å². The summed E-state index contributed by atoms with van der Waals surface area (Å²) in [5.41, 5.74) is 1.32. The summed E-state index contributed by atoms with van der Waals surface area (Å²) in [6.45, 7) is 2.92. The minimum atomic E-state index is -3.30. The molecule has 0 N–H and O–H groups in total. The molecule has 1 aromatic carbocycles. The van der Waals surface area contributed by atoms with E-state index in [1.165, 1.54) is 89.0 Å². The zero-order valence-electron chi connectivity index (χ0n) is 20.1. The lowest BCUT2D eigenvalue weighted by Gasteiger charge is -2.38. The molecule has 2 aliphatic rings. The number of hydrogen-bond donors (Lipinski definition) is 0. The van der Waals surface area contributed by atoms with Gasteiger partial charge in [-0.1, -0.05) is 69.0 Å². The molecule has 3 heteroatoms. The lowest BCUT2D eigenvalue weighted by molar-refractivity contribution is 0.0221. The van der Waals surface area contributed by atoms with Crippen molar-refractivity contribution in [2.75, 3.05) is 0 Å². The number of carbonyl (C=O) groups excluding carboxylic acids is 1. The van der Waals surface area contributed by atoms with Gasteiger partial charge >= 0.3 is 5.92 Å². The van der Waals surface area contributed by atoms with Gasteiger partial charge in [0.1, 0.15) is 0 Å². The number of unbranched alkanes of at least 4 members (excludes halogenated alkanes) is 2.